The molecule has 2 aromatic carbocycles. The number of ether oxygens (including phenoxy) is 1. The zero-order chi connectivity index (χ0) is 16.6. The van der Waals surface area contributed by atoms with Gasteiger partial charge in [0.25, 0.3) is 9.84 Å². The van der Waals surface area contributed by atoms with Crippen LogP contribution in [0, 0.1) is 0 Å². The summed E-state index contributed by atoms with van der Waals surface area (Å²) in [6.45, 7) is 0.185. The summed E-state index contributed by atoms with van der Waals surface area (Å²) in [6, 6.07) is 11.0. The third kappa shape index (κ3) is 2.89. The normalized spacial score (nSPS) is 15.6. The molecule has 120 valence electrons. The van der Waals surface area contributed by atoms with Crippen LogP contribution in [0.25, 0.3) is 0 Å². The molecule has 3 rings (SSSR count). The Morgan fingerprint density at radius 3 is 2.57 bits per heavy atom. The molecule has 1 amide bonds. The lowest BCUT2D eigenvalue weighted by molar-refractivity contribution is 0.260. The quantitative estimate of drug-likeness (QED) is 0.819. The zero-order valence-corrected chi connectivity index (χ0v) is 14.0. The van der Waals surface area contributed by atoms with Gasteiger partial charge in [-0.2, -0.15) is 0 Å². The van der Waals surface area contributed by atoms with E-state index in [0.29, 0.717) is 21.5 Å². The summed E-state index contributed by atoms with van der Waals surface area (Å²) in [5.41, 5.74) is 0.364. The Morgan fingerprint density at radius 1 is 1.09 bits per heavy atom. The molecule has 0 bridgehead atoms. The van der Waals surface area contributed by atoms with Crippen LogP contribution in [-0.2, 0) is 9.84 Å². The zero-order valence-electron chi connectivity index (χ0n) is 11.7. The number of anilines is 1. The fourth-order valence-corrected chi connectivity index (χ4v) is 4.14. The second kappa shape index (κ2) is 6.03. The van der Waals surface area contributed by atoms with Crippen molar-refractivity contribution in [1.82, 2.24) is 0 Å². The van der Waals surface area contributed by atoms with Gasteiger partial charge in [0.1, 0.15) is 17.3 Å². The molecular formula is C15H11Cl2NO4S. The predicted molar refractivity (Wildman–Crippen MR) is 88.3 cm³/mol. The highest BCUT2D eigenvalue weighted by atomic mass is 35.5. The summed E-state index contributed by atoms with van der Waals surface area (Å²) in [6.07, 6.45) is 0. The Hall–Kier alpha value is -1.76. The van der Waals surface area contributed by atoms with Crippen molar-refractivity contribution in [1.29, 1.82) is 0 Å². The van der Waals surface area contributed by atoms with E-state index in [-0.39, 0.29) is 18.0 Å². The summed E-state index contributed by atoms with van der Waals surface area (Å²) in [4.78, 5) is 13.3. The van der Waals surface area contributed by atoms with E-state index in [1.807, 2.05) is 0 Å². The molecule has 0 radical (unpaired) electrons. The lowest BCUT2D eigenvalue weighted by atomic mass is 10.3. The minimum absolute atomic E-state index is 0.0227. The molecule has 8 heteroatoms. The first-order valence-corrected chi connectivity index (χ1v) is 8.88. The van der Waals surface area contributed by atoms with Gasteiger partial charge in [-0.25, -0.2) is 8.42 Å². The van der Waals surface area contributed by atoms with Crippen molar-refractivity contribution in [2.24, 2.45) is 0 Å². The van der Waals surface area contributed by atoms with Gasteiger partial charge >= 0.3 is 5.24 Å². The van der Waals surface area contributed by atoms with Crippen molar-refractivity contribution in [2.75, 3.05) is 18.1 Å². The molecule has 23 heavy (non-hydrogen) atoms. The van der Waals surface area contributed by atoms with Crippen LogP contribution in [0.2, 0.25) is 10.0 Å². The van der Waals surface area contributed by atoms with E-state index in [0.717, 1.165) is 0 Å². The number of rotatable bonds is 4. The van der Waals surface area contributed by atoms with E-state index in [1.54, 1.807) is 36.4 Å². The Morgan fingerprint density at radius 2 is 1.83 bits per heavy atom. The molecule has 1 heterocycles. The lowest BCUT2D eigenvalue weighted by Crippen LogP contribution is -2.32. The second-order valence-corrected chi connectivity index (χ2v) is 7.45. The standard InChI is InChI=1S/C15H11Cl2NO4S/c16-10-5-6-13(11(17)9-10)22-8-7-18-12-3-1-2-4-14(12)23(20,21)15(18)19/h1-6,9H,7-8H2. The van der Waals surface area contributed by atoms with Crippen LogP contribution in [0.3, 0.4) is 0 Å². The molecule has 5 nitrogen and oxygen atoms in total. The third-order valence-corrected chi connectivity index (χ3v) is 5.50. The van der Waals surface area contributed by atoms with Crippen LogP contribution in [-0.4, -0.2) is 26.8 Å². The van der Waals surface area contributed by atoms with Crippen molar-refractivity contribution in [3.8, 4) is 5.75 Å². The summed E-state index contributed by atoms with van der Waals surface area (Å²) >= 11 is 11.8. The van der Waals surface area contributed by atoms with E-state index in [1.165, 1.54) is 11.0 Å². The average Bonchev–Trinajstić information content (AvgIpc) is 2.71. The van der Waals surface area contributed by atoms with Crippen molar-refractivity contribution in [2.45, 2.75) is 4.90 Å². The maximum Gasteiger partial charge on any atom is 0.348 e. The van der Waals surface area contributed by atoms with Crippen molar-refractivity contribution >= 4 is 44.0 Å². The number of nitrogens with zero attached hydrogens (tertiary/aromatic N) is 1. The average molecular weight is 372 g/mol. The van der Waals surface area contributed by atoms with E-state index in [9.17, 15) is 13.2 Å². The molecule has 0 N–H and O–H groups in total. The Balaban J connectivity index is 1.75. The Labute approximate surface area is 143 Å². The maximum atomic E-state index is 12.1. The summed E-state index contributed by atoms with van der Waals surface area (Å²) in [7, 11) is -3.95. The molecule has 2 aromatic rings. The van der Waals surface area contributed by atoms with Gasteiger partial charge in [0.2, 0.25) is 0 Å². The van der Waals surface area contributed by atoms with Crippen LogP contribution < -0.4 is 9.64 Å². The molecule has 0 saturated heterocycles. The number of fused-ring (bicyclic) bond motifs is 1. The number of hydrogen-bond acceptors (Lipinski definition) is 4. The molecule has 0 aliphatic carbocycles. The maximum absolute atomic E-state index is 12.1. The molecular weight excluding hydrogens is 361 g/mol. The minimum Gasteiger partial charge on any atom is -0.490 e. The van der Waals surface area contributed by atoms with Gasteiger partial charge in [-0.3, -0.25) is 9.69 Å². The predicted octanol–water partition coefficient (Wildman–Crippen LogP) is 3.79. The number of sulfone groups is 1. The molecule has 1 aliphatic heterocycles. The number of hydrogen-bond donors (Lipinski definition) is 0. The van der Waals surface area contributed by atoms with Gasteiger partial charge < -0.3 is 4.74 Å². The van der Waals surface area contributed by atoms with E-state index in [4.69, 9.17) is 27.9 Å². The molecule has 1 aliphatic rings. The molecule has 0 unspecified atom stereocenters. The first kappa shape index (κ1) is 16.1. The van der Waals surface area contributed by atoms with Gasteiger partial charge in [-0.1, -0.05) is 35.3 Å². The summed E-state index contributed by atoms with van der Waals surface area (Å²) in [5, 5.41) is -0.111. The van der Waals surface area contributed by atoms with Crippen LogP contribution in [0.1, 0.15) is 0 Å². The largest absolute Gasteiger partial charge is 0.490 e. The fraction of sp³-hybridized carbons (Fsp3) is 0.133. The first-order valence-electron chi connectivity index (χ1n) is 6.65. The number of carbonyl (C=O) groups is 1. The fourth-order valence-electron chi connectivity index (χ4n) is 2.30. The topological polar surface area (TPSA) is 63.7 Å². The second-order valence-electron chi connectivity index (χ2n) is 4.81. The van der Waals surface area contributed by atoms with Gasteiger partial charge in [0.15, 0.2) is 0 Å². The van der Waals surface area contributed by atoms with Gasteiger partial charge in [-0.15, -0.1) is 0 Å². The number of carbonyl (C=O) groups excluding carboxylic acids is 1. The van der Waals surface area contributed by atoms with Gasteiger partial charge in [-0.05, 0) is 30.3 Å². The van der Waals surface area contributed by atoms with Crippen LogP contribution >= 0.6 is 23.2 Å². The lowest BCUT2D eigenvalue weighted by Gasteiger charge is -2.16. The smallest absolute Gasteiger partial charge is 0.348 e. The summed E-state index contributed by atoms with van der Waals surface area (Å²) < 4.78 is 29.6. The number of halogens is 2. The van der Waals surface area contributed by atoms with E-state index in [2.05, 4.69) is 0 Å². The van der Waals surface area contributed by atoms with E-state index >= 15 is 0 Å². The molecule has 0 fully saturated rings. The molecule has 0 aromatic heterocycles. The molecule has 0 spiro atoms. The van der Waals surface area contributed by atoms with Gasteiger partial charge in [0.05, 0.1) is 17.3 Å². The highest BCUT2D eigenvalue weighted by Crippen LogP contribution is 2.35. The van der Waals surface area contributed by atoms with Crippen LogP contribution in [0.4, 0.5) is 10.5 Å². The SMILES string of the molecule is O=C1N(CCOc2ccc(Cl)cc2Cl)c2ccccc2S1(=O)=O. The number of para-hydroxylation sites is 1. The van der Waals surface area contributed by atoms with E-state index < -0.39 is 15.1 Å². The Kier molecular flexibility index (Phi) is 4.23. The van der Waals surface area contributed by atoms with Crippen molar-refractivity contribution in [3.05, 3.63) is 52.5 Å². The first-order chi connectivity index (χ1) is 10.9. The van der Waals surface area contributed by atoms with Gasteiger partial charge in [0, 0.05) is 5.02 Å². The highest BCUT2D eigenvalue weighted by molar-refractivity contribution is 8.07. The Bertz CT molecular complexity index is 883. The highest BCUT2D eigenvalue weighted by Gasteiger charge is 2.41. The number of amides is 1. The molecule has 0 atom stereocenters. The van der Waals surface area contributed by atoms with Crippen LogP contribution in [0.5, 0.6) is 5.75 Å². The summed E-state index contributed by atoms with van der Waals surface area (Å²) in [5.74, 6) is 0.416. The third-order valence-electron chi connectivity index (χ3n) is 3.36. The van der Waals surface area contributed by atoms with Crippen LogP contribution in [0.15, 0.2) is 47.4 Å². The number of benzene rings is 2. The molecule has 0 saturated carbocycles. The van der Waals surface area contributed by atoms with Crippen molar-refractivity contribution < 1.29 is 17.9 Å². The monoisotopic (exact) mass is 371 g/mol. The minimum atomic E-state index is -3.95. The van der Waals surface area contributed by atoms with Crippen molar-refractivity contribution in [3.63, 3.8) is 0 Å².